The largest absolute Gasteiger partial charge is 0.247 e. The van der Waals surface area contributed by atoms with Crippen molar-refractivity contribution >= 4 is 24.0 Å². The summed E-state index contributed by atoms with van der Waals surface area (Å²) in [6.45, 7) is 14.0. The topological polar surface area (TPSA) is 12.9 Å². The minimum atomic E-state index is -1.66. The van der Waals surface area contributed by atoms with Crippen LogP contribution in [0, 0.1) is 11.5 Å². The fraction of sp³-hybridized carbons (Fsp3) is 0.562. The Labute approximate surface area is 127 Å². The van der Waals surface area contributed by atoms with Gasteiger partial charge < -0.3 is 0 Å². The minimum Gasteiger partial charge on any atom is -0.247 e. The van der Waals surface area contributed by atoms with Crippen LogP contribution in [-0.4, -0.2) is 13.1 Å². The molecule has 0 saturated carbocycles. The van der Waals surface area contributed by atoms with Gasteiger partial charge in [0.2, 0.25) is 0 Å². The summed E-state index contributed by atoms with van der Waals surface area (Å²) in [7, 11) is -1.66. The number of halogens is 1. The Kier molecular flexibility index (Phi) is 5.82. The summed E-state index contributed by atoms with van der Waals surface area (Å²) in [5.74, 6) is 3.35. The van der Waals surface area contributed by atoms with Gasteiger partial charge in [0, 0.05) is 6.20 Å². The van der Waals surface area contributed by atoms with E-state index >= 15 is 0 Å². The Morgan fingerprint density at radius 3 is 2.00 bits per heavy atom. The molecule has 1 nitrogen and oxygen atoms in total. The Balaban J connectivity index is 3.28. The van der Waals surface area contributed by atoms with Gasteiger partial charge in [-0.05, 0) is 44.7 Å². The van der Waals surface area contributed by atoms with E-state index in [2.05, 4.69) is 73.9 Å². The Bertz CT molecular complexity index is 461. The van der Waals surface area contributed by atoms with Crippen molar-refractivity contribution in [2.45, 2.75) is 58.2 Å². The molecule has 0 amide bonds. The van der Waals surface area contributed by atoms with Crippen LogP contribution in [0.15, 0.2) is 22.8 Å². The number of aromatic nitrogens is 1. The minimum absolute atomic E-state index is 0.655. The van der Waals surface area contributed by atoms with Crippen molar-refractivity contribution in [3.8, 4) is 11.5 Å². The van der Waals surface area contributed by atoms with Gasteiger partial charge in [-0.25, -0.2) is 4.98 Å². The molecule has 104 valence electrons. The summed E-state index contributed by atoms with van der Waals surface area (Å²) < 4.78 is 0.988. The Morgan fingerprint density at radius 1 is 1.05 bits per heavy atom. The summed E-state index contributed by atoms with van der Waals surface area (Å²) in [6.07, 6.45) is 1.80. The van der Waals surface area contributed by atoms with Gasteiger partial charge in [-0.3, -0.25) is 0 Å². The summed E-state index contributed by atoms with van der Waals surface area (Å²) >= 11 is 3.53. The molecule has 1 rings (SSSR count). The predicted molar refractivity (Wildman–Crippen MR) is 89.9 cm³/mol. The zero-order valence-corrected chi connectivity index (χ0v) is 15.4. The van der Waals surface area contributed by atoms with Crippen LogP contribution in [0.4, 0.5) is 0 Å². The molecule has 0 aliphatic heterocycles. The fourth-order valence-corrected chi connectivity index (χ4v) is 8.63. The van der Waals surface area contributed by atoms with Gasteiger partial charge in [0.05, 0.1) is 4.47 Å². The standard InChI is InChI=1S/C16H24BrNSi/c1-12(2)19(13(3)4,14(5)6)11-9-16-15(17)8-7-10-18-16/h7-8,10,12-14H,1-6H3. The maximum Gasteiger partial charge on any atom is 0.146 e. The molecule has 0 aromatic carbocycles. The molecule has 0 unspecified atom stereocenters. The van der Waals surface area contributed by atoms with Crippen LogP contribution in [0.5, 0.6) is 0 Å². The number of rotatable bonds is 3. The Morgan fingerprint density at radius 2 is 1.58 bits per heavy atom. The first kappa shape index (κ1) is 16.5. The zero-order valence-electron chi connectivity index (χ0n) is 12.8. The van der Waals surface area contributed by atoms with Crippen LogP contribution in [0.25, 0.3) is 0 Å². The highest BCUT2D eigenvalue weighted by molar-refractivity contribution is 9.10. The van der Waals surface area contributed by atoms with Crippen molar-refractivity contribution in [3.63, 3.8) is 0 Å². The normalized spacial score (nSPS) is 11.9. The van der Waals surface area contributed by atoms with E-state index in [-0.39, 0.29) is 0 Å². The molecule has 1 heterocycles. The van der Waals surface area contributed by atoms with Gasteiger partial charge in [0.15, 0.2) is 0 Å². The molecule has 1 aromatic heterocycles. The van der Waals surface area contributed by atoms with E-state index in [9.17, 15) is 0 Å². The van der Waals surface area contributed by atoms with Crippen molar-refractivity contribution in [1.82, 2.24) is 4.98 Å². The molecular weight excluding hydrogens is 314 g/mol. The first-order chi connectivity index (χ1) is 8.82. The molecule has 0 saturated heterocycles. The van der Waals surface area contributed by atoms with Gasteiger partial charge in [-0.2, -0.15) is 0 Å². The van der Waals surface area contributed by atoms with E-state index in [1.807, 2.05) is 12.1 Å². The van der Waals surface area contributed by atoms with Crippen LogP contribution in [-0.2, 0) is 0 Å². The number of hydrogen-bond donors (Lipinski definition) is 0. The third-order valence-corrected chi connectivity index (χ3v) is 11.0. The maximum atomic E-state index is 4.36. The van der Waals surface area contributed by atoms with Gasteiger partial charge in [0.1, 0.15) is 13.8 Å². The molecule has 3 heteroatoms. The second-order valence-electron chi connectivity index (χ2n) is 5.98. The summed E-state index contributed by atoms with van der Waals surface area (Å²) in [4.78, 5) is 4.36. The van der Waals surface area contributed by atoms with Crippen molar-refractivity contribution in [2.24, 2.45) is 0 Å². The summed E-state index contributed by atoms with van der Waals surface area (Å²) in [6, 6.07) is 3.92. The molecule has 1 aromatic rings. The highest BCUT2D eigenvalue weighted by atomic mass is 79.9. The Hall–Kier alpha value is -0.593. The smallest absolute Gasteiger partial charge is 0.146 e. The molecule has 0 spiro atoms. The number of nitrogens with zero attached hydrogens (tertiary/aromatic N) is 1. The highest BCUT2D eigenvalue weighted by Crippen LogP contribution is 2.40. The lowest BCUT2D eigenvalue weighted by molar-refractivity contribution is 0.838. The van der Waals surface area contributed by atoms with Gasteiger partial charge >= 0.3 is 0 Å². The van der Waals surface area contributed by atoms with Crippen molar-refractivity contribution in [2.75, 3.05) is 0 Å². The average Bonchev–Trinajstić information content (AvgIpc) is 2.30. The lowest BCUT2D eigenvalue weighted by Gasteiger charge is -2.38. The van der Waals surface area contributed by atoms with Gasteiger partial charge in [0.25, 0.3) is 0 Å². The van der Waals surface area contributed by atoms with Crippen LogP contribution < -0.4 is 0 Å². The summed E-state index contributed by atoms with van der Waals surface area (Å²) in [5, 5.41) is 0. The van der Waals surface area contributed by atoms with Crippen LogP contribution in [0.2, 0.25) is 16.6 Å². The molecule has 0 atom stereocenters. The van der Waals surface area contributed by atoms with Crippen molar-refractivity contribution < 1.29 is 0 Å². The molecule has 0 aliphatic rings. The van der Waals surface area contributed by atoms with Gasteiger partial charge in [-0.15, -0.1) is 5.54 Å². The first-order valence-corrected chi connectivity index (χ1v) is 9.98. The van der Waals surface area contributed by atoms with E-state index in [1.54, 1.807) is 6.20 Å². The van der Waals surface area contributed by atoms with E-state index in [0.29, 0.717) is 16.6 Å². The SMILES string of the molecule is CC(C)[Si](C#Cc1ncccc1Br)(C(C)C)C(C)C. The third-order valence-electron chi connectivity index (χ3n) is 4.02. The monoisotopic (exact) mass is 337 g/mol. The third kappa shape index (κ3) is 3.49. The zero-order chi connectivity index (χ0) is 14.6. The van der Waals surface area contributed by atoms with E-state index in [1.165, 1.54) is 0 Å². The van der Waals surface area contributed by atoms with E-state index < -0.39 is 8.07 Å². The second-order valence-corrected chi connectivity index (χ2v) is 12.4. The van der Waals surface area contributed by atoms with E-state index in [4.69, 9.17) is 0 Å². The molecular formula is C16H24BrNSi. The average molecular weight is 338 g/mol. The first-order valence-electron chi connectivity index (χ1n) is 6.96. The maximum absolute atomic E-state index is 4.36. The lowest BCUT2D eigenvalue weighted by Crippen LogP contribution is -2.43. The lowest BCUT2D eigenvalue weighted by atomic mass is 10.4. The van der Waals surface area contributed by atoms with Crippen LogP contribution in [0.1, 0.15) is 47.2 Å². The second kappa shape index (κ2) is 6.72. The molecule has 19 heavy (non-hydrogen) atoms. The number of pyridine rings is 1. The van der Waals surface area contributed by atoms with Crippen LogP contribution in [0.3, 0.4) is 0 Å². The quantitative estimate of drug-likeness (QED) is 0.530. The molecule has 0 radical (unpaired) electrons. The van der Waals surface area contributed by atoms with Crippen LogP contribution >= 0.6 is 15.9 Å². The summed E-state index contributed by atoms with van der Waals surface area (Å²) in [5.41, 5.74) is 6.51. The molecule has 0 fully saturated rings. The molecule has 0 N–H and O–H groups in total. The van der Waals surface area contributed by atoms with Gasteiger partial charge in [-0.1, -0.05) is 47.5 Å². The highest BCUT2D eigenvalue weighted by Gasteiger charge is 2.41. The molecule has 0 bridgehead atoms. The van der Waals surface area contributed by atoms with Crippen molar-refractivity contribution in [3.05, 3.63) is 28.5 Å². The molecule has 0 aliphatic carbocycles. The van der Waals surface area contributed by atoms with E-state index in [0.717, 1.165) is 10.2 Å². The fourth-order valence-electron chi connectivity index (χ4n) is 3.08. The number of hydrogen-bond acceptors (Lipinski definition) is 1. The van der Waals surface area contributed by atoms with Crippen molar-refractivity contribution in [1.29, 1.82) is 0 Å². The predicted octanol–water partition coefficient (Wildman–Crippen LogP) is 5.41.